The van der Waals surface area contributed by atoms with Gasteiger partial charge in [-0.1, -0.05) is 0 Å². The molecule has 3 atom stereocenters. The van der Waals surface area contributed by atoms with E-state index in [9.17, 15) is 9.90 Å². The number of aliphatic hydroxyl groups excluding tert-OH is 1. The van der Waals surface area contributed by atoms with Gasteiger partial charge in [-0.3, -0.25) is 9.69 Å². The van der Waals surface area contributed by atoms with Gasteiger partial charge in [0.1, 0.15) is 0 Å². The van der Waals surface area contributed by atoms with E-state index in [0.29, 0.717) is 6.04 Å². The van der Waals surface area contributed by atoms with Crippen LogP contribution in [0.5, 0.6) is 0 Å². The Morgan fingerprint density at radius 1 is 1.67 bits per heavy atom. The zero-order valence-electron chi connectivity index (χ0n) is 9.44. The summed E-state index contributed by atoms with van der Waals surface area (Å²) in [6, 6.07) is 0.331. The van der Waals surface area contributed by atoms with Gasteiger partial charge in [-0.25, -0.2) is 0 Å². The molecule has 0 radical (unpaired) electrons. The number of hydrogen-bond acceptors (Lipinski definition) is 4. The van der Waals surface area contributed by atoms with Gasteiger partial charge in [-0.15, -0.1) is 0 Å². The maximum Gasteiger partial charge on any atom is 0.231 e. The van der Waals surface area contributed by atoms with Gasteiger partial charge < -0.3 is 16.2 Å². The summed E-state index contributed by atoms with van der Waals surface area (Å²) < 4.78 is 0. The van der Waals surface area contributed by atoms with Crippen molar-refractivity contribution in [2.45, 2.75) is 25.5 Å². The minimum absolute atomic E-state index is 0.218. The smallest absolute Gasteiger partial charge is 0.231 e. The van der Waals surface area contributed by atoms with Crippen LogP contribution in [0.3, 0.4) is 0 Å². The first-order valence-corrected chi connectivity index (χ1v) is 5.39. The van der Waals surface area contributed by atoms with Crippen molar-refractivity contribution in [1.82, 2.24) is 10.2 Å². The second-order valence-electron chi connectivity index (χ2n) is 4.38. The lowest BCUT2D eigenvalue weighted by molar-refractivity contribution is -0.120. The van der Waals surface area contributed by atoms with Crippen molar-refractivity contribution in [2.75, 3.05) is 26.7 Å². The summed E-state index contributed by atoms with van der Waals surface area (Å²) in [5, 5.41) is 12.8. The fourth-order valence-corrected chi connectivity index (χ4v) is 2.14. The molecule has 0 aromatic heterocycles. The number of carbonyl (C=O) groups is 1. The number of piperidine rings is 1. The highest BCUT2D eigenvalue weighted by atomic mass is 16.3. The number of nitrogens with two attached hydrogens (primary N) is 1. The van der Waals surface area contributed by atoms with Crippen LogP contribution in [0.4, 0.5) is 0 Å². The molecule has 1 amide bonds. The molecule has 0 aromatic rings. The summed E-state index contributed by atoms with van der Waals surface area (Å²) in [6.07, 6.45) is 0.611. The molecule has 1 heterocycles. The molecule has 3 unspecified atom stereocenters. The third-order valence-electron chi connectivity index (χ3n) is 3.03. The summed E-state index contributed by atoms with van der Waals surface area (Å²) in [5.41, 5.74) is 5.17. The SMILES string of the molecule is CNC1CC(C(C)O)CN(CC(N)=O)C1. The van der Waals surface area contributed by atoms with Crippen LogP contribution in [-0.4, -0.2) is 54.7 Å². The zero-order chi connectivity index (χ0) is 11.4. The summed E-state index contributed by atoms with van der Waals surface area (Å²) in [7, 11) is 1.90. The summed E-state index contributed by atoms with van der Waals surface area (Å²) >= 11 is 0. The molecule has 0 bridgehead atoms. The number of carbonyl (C=O) groups excluding carboxylic acids is 1. The molecule has 0 saturated carbocycles. The van der Waals surface area contributed by atoms with Crippen LogP contribution in [0.25, 0.3) is 0 Å². The standard InChI is InChI=1S/C10H21N3O2/c1-7(14)8-3-9(12-2)5-13(4-8)6-10(11)15/h7-9,12,14H,3-6H2,1-2H3,(H2,11,15). The molecule has 15 heavy (non-hydrogen) atoms. The Hall–Kier alpha value is -0.650. The lowest BCUT2D eigenvalue weighted by Gasteiger charge is -2.38. The Bertz CT molecular complexity index is 221. The van der Waals surface area contributed by atoms with Gasteiger partial charge >= 0.3 is 0 Å². The number of amides is 1. The Labute approximate surface area is 90.6 Å². The second-order valence-corrected chi connectivity index (χ2v) is 4.38. The fourth-order valence-electron chi connectivity index (χ4n) is 2.14. The van der Waals surface area contributed by atoms with Crippen LogP contribution in [0, 0.1) is 5.92 Å². The number of likely N-dealkylation sites (N-methyl/N-ethyl adjacent to an activating group) is 1. The van der Waals surface area contributed by atoms with Gasteiger partial charge in [-0.2, -0.15) is 0 Å². The van der Waals surface area contributed by atoms with Gasteiger partial charge in [-0.05, 0) is 26.3 Å². The second kappa shape index (κ2) is 5.44. The molecule has 88 valence electrons. The fraction of sp³-hybridized carbons (Fsp3) is 0.900. The molecule has 1 fully saturated rings. The van der Waals surface area contributed by atoms with Gasteiger partial charge in [0.15, 0.2) is 0 Å². The van der Waals surface area contributed by atoms with Crippen molar-refractivity contribution in [3.8, 4) is 0 Å². The minimum atomic E-state index is -0.337. The van der Waals surface area contributed by atoms with Crippen LogP contribution in [0.15, 0.2) is 0 Å². The van der Waals surface area contributed by atoms with Crippen molar-refractivity contribution < 1.29 is 9.90 Å². The molecule has 5 nitrogen and oxygen atoms in total. The van der Waals surface area contributed by atoms with Crippen molar-refractivity contribution >= 4 is 5.91 Å². The van der Waals surface area contributed by atoms with Crippen molar-refractivity contribution in [1.29, 1.82) is 0 Å². The maximum atomic E-state index is 10.8. The monoisotopic (exact) mass is 215 g/mol. The van der Waals surface area contributed by atoms with E-state index in [-0.39, 0.29) is 24.5 Å². The average molecular weight is 215 g/mol. The molecule has 0 aromatic carbocycles. The lowest BCUT2D eigenvalue weighted by atomic mass is 9.90. The van der Waals surface area contributed by atoms with E-state index in [1.165, 1.54) is 0 Å². The van der Waals surface area contributed by atoms with E-state index in [2.05, 4.69) is 5.32 Å². The molecular formula is C10H21N3O2. The van der Waals surface area contributed by atoms with E-state index < -0.39 is 0 Å². The Kier molecular flexibility index (Phi) is 4.50. The van der Waals surface area contributed by atoms with Crippen molar-refractivity contribution in [3.63, 3.8) is 0 Å². The summed E-state index contributed by atoms with van der Waals surface area (Å²) in [4.78, 5) is 12.8. The van der Waals surface area contributed by atoms with E-state index in [1.807, 2.05) is 11.9 Å². The molecule has 1 aliphatic heterocycles. The number of hydrogen-bond donors (Lipinski definition) is 3. The van der Waals surface area contributed by atoms with Gasteiger partial charge in [0.25, 0.3) is 0 Å². The average Bonchev–Trinajstić information content (AvgIpc) is 2.16. The molecule has 4 N–H and O–H groups in total. The molecule has 1 rings (SSSR count). The van der Waals surface area contributed by atoms with E-state index in [0.717, 1.165) is 19.5 Å². The molecule has 1 saturated heterocycles. The molecular weight excluding hydrogens is 194 g/mol. The summed E-state index contributed by atoms with van der Waals surface area (Å²) in [5.74, 6) is -0.0911. The Morgan fingerprint density at radius 3 is 2.80 bits per heavy atom. The molecule has 0 spiro atoms. The zero-order valence-corrected chi connectivity index (χ0v) is 9.44. The van der Waals surface area contributed by atoms with Gasteiger partial charge in [0.05, 0.1) is 12.6 Å². The Morgan fingerprint density at radius 2 is 2.33 bits per heavy atom. The highest BCUT2D eigenvalue weighted by molar-refractivity contribution is 5.75. The first kappa shape index (κ1) is 12.4. The first-order chi connectivity index (χ1) is 7.02. The number of likely N-dealkylation sites (tertiary alicyclic amines) is 1. The number of nitrogens with zero attached hydrogens (tertiary/aromatic N) is 1. The third-order valence-corrected chi connectivity index (χ3v) is 3.03. The summed E-state index contributed by atoms with van der Waals surface area (Å²) in [6.45, 7) is 3.65. The van der Waals surface area contributed by atoms with Crippen LogP contribution in [0.1, 0.15) is 13.3 Å². The third kappa shape index (κ3) is 3.77. The minimum Gasteiger partial charge on any atom is -0.393 e. The maximum absolute atomic E-state index is 10.8. The predicted octanol–water partition coefficient (Wildman–Crippen LogP) is -1.24. The molecule has 0 aliphatic carbocycles. The van der Waals surface area contributed by atoms with E-state index in [4.69, 9.17) is 5.73 Å². The van der Waals surface area contributed by atoms with Crippen molar-refractivity contribution in [3.05, 3.63) is 0 Å². The number of primary amides is 1. The largest absolute Gasteiger partial charge is 0.393 e. The highest BCUT2D eigenvalue weighted by Gasteiger charge is 2.29. The lowest BCUT2D eigenvalue weighted by Crippen LogP contribution is -2.52. The number of rotatable bonds is 4. The first-order valence-electron chi connectivity index (χ1n) is 5.39. The number of aliphatic hydroxyl groups is 1. The topological polar surface area (TPSA) is 78.6 Å². The normalized spacial score (nSPS) is 30.1. The van der Waals surface area contributed by atoms with Gasteiger partial charge in [0, 0.05) is 19.1 Å². The molecule has 1 aliphatic rings. The van der Waals surface area contributed by atoms with Crippen LogP contribution >= 0.6 is 0 Å². The van der Waals surface area contributed by atoms with Crippen LogP contribution < -0.4 is 11.1 Å². The highest BCUT2D eigenvalue weighted by Crippen LogP contribution is 2.19. The van der Waals surface area contributed by atoms with Crippen LogP contribution in [0.2, 0.25) is 0 Å². The Balaban J connectivity index is 2.54. The number of nitrogens with one attached hydrogen (secondary N) is 1. The quantitative estimate of drug-likeness (QED) is 0.548. The molecule has 5 heteroatoms. The predicted molar refractivity (Wildman–Crippen MR) is 58.3 cm³/mol. The van der Waals surface area contributed by atoms with E-state index >= 15 is 0 Å². The van der Waals surface area contributed by atoms with E-state index in [1.54, 1.807) is 6.92 Å². The van der Waals surface area contributed by atoms with Crippen LogP contribution in [-0.2, 0) is 4.79 Å². The van der Waals surface area contributed by atoms with Crippen molar-refractivity contribution in [2.24, 2.45) is 11.7 Å². The van der Waals surface area contributed by atoms with Gasteiger partial charge in [0.2, 0.25) is 5.91 Å².